The molecular formula is C11H14ClN3O. The number of halogens is 1. The normalized spacial score (nSPS) is 14.5. The maximum absolute atomic E-state index is 5.88. The highest BCUT2D eigenvalue weighted by atomic mass is 35.5. The molecule has 86 valence electrons. The van der Waals surface area contributed by atoms with Crippen LogP contribution < -0.4 is 15.8 Å². The molecule has 4 nitrogen and oxygen atoms in total. The molecule has 0 saturated heterocycles. The number of aliphatic imine (C=N–C) groups is 1. The molecule has 1 aromatic rings. The van der Waals surface area contributed by atoms with E-state index in [0.29, 0.717) is 18.2 Å². The van der Waals surface area contributed by atoms with E-state index in [2.05, 4.69) is 10.3 Å². The molecule has 0 unspecified atom stereocenters. The molecule has 1 heterocycles. The van der Waals surface area contributed by atoms with Gasteiger partial charge in [0.25, 0.3) is 0 Å². The van der Waals surface area contributed by atoms with Crippen LogP contribution in [-0.2, 0) is 6.54 Å². The summed E-state index contributed by atoms with van der Waals surface area (Å²) < 4.78 is 5.64. The lowest BCUT2D eigenvalue weighted by molar-refractivity contribution is 0.369. The lowest BCUT2D eigenvalue weighted by Gasteiger charge is -2.10. The molecule has 16 heavy (non-hydrogen) atoms. The van der Waals surface area contributed by atoms with Crippen LogP contribution in [0.1, 0.15) is 5.56 Å². The van der Waals surface area contributed by atoms with Crippen LogP contribution in [0.5, 0.6) is 5.75 Å². The third-order valence-corrected chi connectivity index (χ3v) is 2.59. The first kappa shape index (κ1) is 11.2. The van der Waals surface area contributed by atoms with Crippen LogP contribution in [0.3, 0.4) is 0 Å². The van der Waals surface area contributed by atoms with E-state index in [4.69, 9.17) is 22.1 Å². The summed E-state index contributed by atoms with van der Waals surface area (Å²) in [5.74, 6) is 1.65. The minimum absolute atomic E-state index is 0.412. The minimum atomic E-state index is 0.412. The Bertz CT molecular complexity index is 406. The summed E-state index contributed by atoms with van der Waals surface area (Å²) in [6.07, 6.45) is 0. The standard InChI is InChI=1S/C11H14ClN3O/c12-9-1-2-10(8(5-9)6-13)16-7-11-14-3-4-15-11/h1-2,5H,3-4,6-7,13H2,(H,14,15). The average Bonchev–Trinajstić information content (AvgIpc) is 2.80. The molecule has 0 fully saturated rings. The van der Waals surface area contributed by atoms with Crippen LogP contribution >= 0.6 is 11.6 Å². The van der Waals surface area contributed by atoms with E-state index in [1.807, 2.05) is 12.1 Å². The molecular weight excluding hydrogens is 226 g/mol. The fraction of sp³-hybridized carbons (Fsp3) is 0.364. The van der Waals surface area contributed by atoms with Crippen molar-refractivity contribution in [3.8, 4) is 5.75 Å². The van der Waals surface area contributed by atoms with Gasteiger partial charge in [0.05, 0.1) is 6.54 Å². The van der Waals surface area contributed by atoms with Gasteiger partial charge in [0, 0.05) is 23.7 Å². The summed E-state index contributed by atoms with van der Waals surface area (Å²) in [6, 6.07) is 5.45. The summed E-state index contributed by atoms with van der Waals surface area (Å²) in [6.45, 7) is 2.58. The molecule has 1 aliphatic heterocycles. The molecule has 2 rings (SSSR count). The largest absolute Gasteiger partial charge is 0.485 e. The van der Waals surface area contributed by atoms with Crippen molar-refractivity contribution in [1.29, 1.82) is 0 Å². The number of benzene rings is 1. The molecule has 0 saturated carbocycles. The van der Waals surface area contributed by atoms with Crippen LogP contribution in [0.15, 0.2) is 23.2 Å². The Morgan fingerprint density at radius 3 is 3.06 bits per heavy atom. The van der Waals surface area contributed by atoms with Crippen molar-refractivity contribution in [2.24, 2.45) is 10.7 Å². The van der Waals surface area contributed by atoms with Gasteiger partial charge in [0.2, 0.25) is 0 Å². The van der Waals surface area contributed by atoms with Crippen LogP contribution in [0.4, 0.5) is 0 Å². The van der Waals surface area contributed by atoms with E-state index in [-0.39, 0.29) is 0 Å². The van der Waals surface area contributed by atoms with Crippen molar-refractivity contribution in [3.05, 3.63) is 28.8 Å². The van der Waals surface area contributed by atoms with Gasteiger partial charge in [-0.1, -0.05) is 11.6 Å². The maximum atomic E-state index is 5.88. The second-order valence-corrected chi connectivity index (χ2v) is 3.94. The number of amidine groups is 1. The fourth-order valence-corrected chi connectivity index (χ4v) is 1.73. The quantitative estimate of drug-likeness (QED) is 0.830. The van der Waals surface area contributed by atoms with Crippen molar-refractivity contribution in [2.75, 3.05) is 19.7 Å². The Morgan fingerprint density at radius 2 is 2.38 bits per heavy atom. The van der Waals surface area contributed by atoms with E-state index >= 15 is 0 Å². The maximum Gasteiger partial charge on any atom is 0.145 e. The highest BCUT2D eigenvalue weighted by Crippen LogP contribution is 2.22. The van der Waals surface area contributed by atoms with Crippen LogP contribution in [0.25, 0.3) is 0 Å². The average molecular weight is 240 g/mol. The van der Waals surface area contributed by atoms with Crippen molar-refractivity contribution in [1.82, 2.24) is 5.32 Å². The Morgan fingerprint density at radius 1 is 1.50 bits per heavy atom. The van der Waals surface area contributed by atoms with E-state index in [0.717, 1.165) is 30.2 Å². The van der Waals surface area contributed by atoms with Gasteiger partial charge >= 0.3 is 0 Å². The fourth-order valence-electron chi connectivity index (χ4n) is 1.54. The van der Waals surface area contributed by atoms with Crippen molar-refractivity contribution in [3.63, 3.8) is 0 Å². The highest BCUT2D eigenvalue weighted by molar-refractivity contribution is 6.30. The van der Waals surface area contributed by atoms with Gasteiger partial charge in [0.15, 0.2) is 0 Å². The van der Waals surface area contributed by atoms with E-state index in [1.54, 1.807) is 6.07 Å². The van der Waals surface area contributed by atoms with Crippen molar-refractivity contribution >= 4 is 17.4 Å². The zero-order valence-electron chi connectivity index (χ0n) is 8.87. The lowest BCUT2D eigenvalue weighted by Crippen LogP contribution is -2.25. The predicted molar refractivity (Wildman–Crippen MR) is 65.1 cm³/mol. The Balaban J connectivity index is 2.02. The van der Waals surface area contributed by atoms with Gasteiger partial charge in [-0.25, -0.2) is 0 Å². The van der Waals surface area contributed by atoms with E-state index < -0.39 is 0 Å². The van der Waals surface area contributed by atoms with E-state index in [9.17, 15) is 0 Å². The van der Waals surface area contributed by atoms with Gasteiger partial charge in [-0.05, 0) is 18.2 Å². The molecule has 0 radical (unpaired) electrons. The number of hydrogen-bond acceptors (Lipinski definition) is 4. The summed E-state index contributed by atoms with van der Waals surface area (Å²) in [5.41, 5.74) is 6.53. The number of nitrogens with two attached hydrogens (primary N) is 1. The van der Waals surface area contributed by atoms with Gasteiger partial charge < -0.3 is 15.8 Å². The van der Waals surface area contributed by atoms with Gasteiger partial charge in [-0.3, -0.25) is 4.99 Å². The zero-order valence-corrected chi connectivity index (χ0v) is 9.63. The number of ether oxygens (including phenoxy) is 1. The van der Waals surface area contributed by atoms with Crippen molar-refractivity contribution < 1.29 is 4.74 Å². The predicted octanol–water partition coefficient (Wildman–Crippen LogP) is 1.18. The smallest absolute Gasteiger partial charge is 0.145 e. The Kier molecular flexibility index (Phi) is 3.64. The first-order valence-electron chi connectivity index (χ1n) is 5.18. The summed E-state index contributed by atoms with van der Waals surface area (Å²) in [4.78, 5) is 4.25. The van der Waals surface area contributed by atoms with Gasteiger partial charge in [0.1, 0.15) is 18.2 Å². The lowest BCUT2D eigenvalue weighted by atomic mass is 10.2. The number of nitrogens with one attached hydrogen (secondary N) is 1. The monoisotopic (exact) mass is 239 g/mol. The Hall–Kier alpha value is -1.26. The topological polar surface area (TPSA) is 59.6 Å². The molecule has 0 bridgehead atoms. The molecule has 3 N–H and O–H groups in total. The summed E-state index contributed by atoms with van der Waals surface area (Å²) >= 11 is 5.88. The zero-order chi connectivity index (χ0) is 11.4. The number of rotatable bonds is 4. The second kappa shape index (κ2) is 5.18. The molecule has 1 aromatic carbocycles. The third kappa shape index (κ3) is 2.65. The molecule has 1 aliphatic rings. The van der Waals surface area contributed by atoms with Crippen LogP contribution in [0.2, 0.25) is 5.02 Å². The molecule has 5 heteroatoms. The summed E-state index contributed by atoms with van der Waals surface area (Å²) in [5, 5.41) is 3.81. The SMILES string of the molecule is NCc1cc(Cl)ccc1OCC1=NCCN1. The molecule has 0 aromatic heterocycles. The molecule has 0 aliphatic carbocycles. The van der Waals surface area contributed by atoms with Crippen molar-refractivity contribution in [2.45, 2.75) is 6.54 Å². The third-order valence-electron chi connectivity index (χ3n) is 2.35. The van der Waals surface area contributed by atoms with Crippen LogP contribution in [-0.4, -0.2) is 25.5 Å². The first-order valence-corrected chi connectivity index (χ1v) is 5.56. The second-order valence-electron chi connectivity index (χ2n) is 3.50. The summed E-state index contributed by atoms with van der Waals surface area (Å²) in [7, 11) is 0. The van der Waals surface area contributed by atoms with Gasteiger partial charge in [-0.2, -0.15) is 0 Å². The molecule has 0 atom stereocenters. The first-order chi connectivity index (χ1) is 7.79. The number of nitrogens with zero attached hydrogens (tertiary/aromatic N) is 1. The highest BCUT2D eigenvalue weighted by Gasteiger charge is 2.08. The minimum Gasteiger partial charge on any atom is -0.485 e. The molecule has 0 spiro atoms. The Labute approximate surface area is 99.5 Å². The van der Waals surface area contributed by atoms with Crippen LogP contribution in [0, 0.1) is 0 Å². The van der Waals surface area contributed by atoms with E-state index in [1.165, 1.54) is 0 Å². The number of hydrogen-bond donors (Lipinski definition) is 2. The van der Waals surface area contributed by atoms with Gasteiger partial charge in [-0.15, -0.1) is 0 Å². The molecule has 0 amide bonds.